The summed E-state index contributed by atoms with van der Waals surface area (Å²) < 4.78 is 5.45. The average molecular weight is 480 g/mol. The molecule has 7 heteroatoms. The van der Waals surface area contributed by atoms with Gasteiger partial charge in [0.2, 0.25) is 0 Å². The first kappa shape index (κ1) is 22.4. The van der Waals surface area contributed by atoms with Gasteiger partial charge in [-0.2, -0.15) is 0 Å². The number of benzene rings is 2. The Labute approximate surface area is 204 Å². The number of thioether (sulfide) groups is 2. The third kappa shape index (κ3) is 4.28. The first-order valence-electron chi connectivity index (χ1n) is 11.6. The second kappa shape index (κ2) is 9.47. The standard InChI is InChI=1S/C26H29N3O2S2/c1-4-28-21-16-20(31-3)14-15-22(21)32-25(28)23-24(30)29(19-8-6-5-7-9-19)26(33-23)27-18-12-10-17(2)11-13-18/h10-16,19H,4-9H2,1-3H3/b25-23-,27-26?. The van der Waals surface area contributed by atoms with Crippen LogP contribution < -0.4 is 9.64 Å². The molecule has 0 radical (unpaired) electrons. The number of aliphatic imine (C=N–C) groups is 1. The van der Waals surface area contributed by atoms with Gasteiger partial charge >= 0.3 is 0 Å². The molecule has 1 saturated heterocycles. The summed E-state index contributed by atoms with van der Waals surface area (Å²) in [5.41, 5.74) is 3.20. The van der Waals surface area contributed by atoms with E-state index in [-0.39, 0.29) is 11.9 Å². The zero-order chi connectivity index (χ0) is 22.9. The summed E-state index contributed by atoms with van der Waals surface area (Å²) in [5, 5.41) is 1.81. The van der Waals surface area contributed by atoms with E-state index in [0.717, 1.165) is 56.5 Å². The van der Waals surface area contributed by atoms with Gasteiger partial charge in [0.25, 0.3) is 5.91 Å². The molecule has 3 aliphatic rings. The highest BCUT2D eigenvalue weighted by Gasteiger charge is 2.43. The fourth-order valence-electron chi connectivity index (χ4n) is 4.66. The fraction of sp³-hybridized carbons (Fsp3) is 0.385. The lowest BCUT2D eigenvalue weighted by Gasteiger charge is -2.30. The number of hydrogen-bond donors (Lipinski definition) is 0. The van der Waals surface area contributed by atoms with Crippen molar-refractivity contribution in [1.82, 2.24) is 4.90 Å². The number of rotatable bonds is 4. The van der Waals surface area contributed by atoms with Crippen LogP contribution in [0.4, 0.5) is 11.4 Å². The molecule has 0 bridgehead atoms. The lowest BCUT2D eigenvalue weighted by molar-refractivity contribution is -0.124. The van der Waals surface area contributed by atoms with Crippen LogP contribution in [0.25, 0.3) is 0 Å². The zero-order valence-electron chi connectivity index (χ0n) is 19.3. The van der Waals surface area contributed by atoms with E-state index >= 15 is 0 Å². The van der Waals surface area contributed by atoms with Crippen LogP contribution in [0.5, 0.6) is 5.75 Å². The third-order valence-corrected chi connectivity index (χ3v) is 8.79. The van der Waals surface area contributed by atoms with E-state index in [0.29, 0.717) is 0 Å². The van der Waals surface area contributed by atoms with E-state index in [9.17, 15) is 4.79 Å². The minimum Gasteiger partial charge on any atom is -0.497 e. The van der Waals surface area contributed by atoms with Crippen molar-refractivity contribution in [1.29, 1.82) is 0 Å². The molecule has 172 valence electrons. The zero-order valence-corrected chi connectivity index (χ0v) is 21.0. The maximum Gasteiger partial charge on any atom is 0.269 e. The second-order valence-electron chi connectivity index (χ2n) is 8.61. The molecule has 1 aliphatic carbocycles. The molecular weight excluding hydrogens is 450 g/mol. The van der Waals surface area contributed by atoms with Crippen LogP contribution in [0.15, 0.2) is 62.3 Å². The molecular formula is C26H29N3O2S2. The van der Waals surface area contributed by atoms with E-state index < -0.39 is 0 Å². The number of aryl methyl sites for hydroxylation is 1. The van der Waals surface area contributed by atoms with E-state index in [1.54, 1.807) is 18.9 Å². The minimum absolute atomic E-state index is 0.0958. The smallest absolute Gasteiger partial charge is 0.269 e. The van der Waals surface area contributed by atoms with Gasteiger partial charge in [-0.1, -0.05) is 48.7 Å². The Kier molecular flexibility index (Phi) is 6.43. The van der Waals surface area contributed by atoms with Crippen LogP contribution in [0, 0.1) is 6.92 Å². The first-order chi connectivity index (χ1) is 16.1. The van der Waals surface area contributed by atoms with Crippen LogP contribution >= 0.6 is 23.5 Å². The van der Waals surface area contributed by atoms with Crippen molar-refractivity contribution in [2.24, 2.45) is 4.99 Å². The molecule has 2 aliphatic heterocycles. The molecule has 2 heterocycles. The van der Waals surface area contributed by atoms with Crippen LogP contribution in [0.1, 0.15) is 44.6 Å². The number of hydrogen-bond acceptors (Lipinski definition) is 6. The number of ether oxygens (including phenoxy) is 1. The number of methoxy groups -OCH3 is 1. The van der Waals surface area contributed by atoms with Crippen molar-refractivity contribution in [3.8, 4) is 5.75 Å². The van der Waals surface area contributed by atoms with Crippen LogP contribution in [0.2, 0.25) is 0 Å². The van der Waals surface area contributed by atoms with Gasteiger partial charge < -0.3 is 9.64 Å². The van der Waals surface area contributed by atoms with Gasteiger partial charge in [0.15, 0.2) is 5.17 Å². The summed E-state index contributed by atoms with van der Waals surface area (Å²) >= 11 is 3.20. The number of fused-ring (bicyclic) bond motifs is 1. The first-order valence-corrected chi connectivity index (χ1v) is 13.3. The van der Waals surface area contributed by atoms with Crippen LogP contribution in [-0.4, -0.2) is 35.7 Å². The molecule has 33 heavy (non-hydrogen) atoms. The molecule has 0 spiro atoms. The number of nitrogens with zero attached hydrogens (tertiary/aromatic N) is 3. The van der Waals surface area contributed by atoms with Crippen molar-refractivity contribution >= 4 is 46.0 Å². The summed E-state index contributed by atoms with van der Waals surface area (Å²) in [6.45, 7) is 4.98. The van der Waals surface area contributed by atoms with Gasteiger partial charge in [0, 0.05) is 23.5 Å². The number of anilines is 1. The Bertz CT molecular complexity index is 1120. The number of carbonyl (C=O) groups is 1. The molecule has 0 atom stereocenters. The Morgan fingerprint density at radius 1 is 1.06 bits per heavy atom. The van der Waals surface area contributed by atoms with Crippen molar-refractivity contribution in [2.75, 3.05) is 18.6 Å². The average Bonchev–Trinajstić information content (AvgIpc) is 3.37. The Morgan fingerprint density at radius 2 is 1.82 bits per heavy atom. The SMILES string of the molecule is CCN1/C(=C2/SC(=Nc3ccc(C)cc3)N(C3CCCCC3)C2=O)Sc2ccc(OC)cc21. The van der Waals surface area contributed by atoms with Gasteiger partial charge in [-0.05, 0) is 62.7 Å². The maximum absolute atomic E-state index is 13.9. The number of amides is 1. The molecule has 1 saturated carbocycles. The summed E-state index contributed by atoms with van der Waals surface area (Å²) in [6.07, 6.45) is 5.68. The van der Waals surface area contributed by atoms with Crippen LogP contribution in [-0.2, 0) is 4.79 Å². The van der Waals surface area contributed by atoms with Crippen molar-refractivity contribution < 1.29 is 9.53 Å². The Morgan fingerprint density at radius 3 is 2.52 bits per heavy atom. The quantitative estimate of drug-likeness (QED) is 0.457. The monoisotopic (exact) mass is 479 g/mol. The highest BCUT2D eigenvalue weighted by molar-refractivity contribution is 8.19. The van der Waals surface area contributed by atoms with Gasteiger partial charge in [0.1, 0.15) is 15.7 Å². The Hall–Kier alpha value is -2.38. The lowest BCUT2D eigenvalue weighted by atomic mass is 9.94. The molecule has 5 nitrogen and oxygen atoms in total. The molecule has 0 unspecified atom stereocenters. The molecule has 5 rings (SSSR count). The molecule has 1 amide bonds. The third-order valence-electron chi connectivity index (χ3n) is 6.43. The van der Waals surface area contributed by atoms with E-state index in [2.05, 4.69) is 43.0 Å². The van der Waals surface area contributed by atoms with Gasteiger partial charge in [-0.25, -0.2) is 4.99 Å². The Balaban J connectivity index is 1.56. The van der Waals surface area contributed by atoms with E-state index in [1.165, 1.54) is 36.6 Å². The summed E-state index contributed by atoms with van der Waals surface area (Å²) in [6, 6.07) is 14.6. The molecule has 2 aromatic carbocycles. The largest absolute Gasteiger partial charge is 0.497 e. The predicted molar refractivity (Wildman–Crippen MR) is 138 cm³/mol. The lowest BCUT2D eigenvalue weighted by Crippen LogP contribution is -2.40. The molecule has 0 N–H and O–H groups in total. The van der Waals surface area contributed by atoms with E-state index in [4.69, 9.17) is 9.73 Å². The second-order valence-corrected chi connectivity index (χ2v) is 10.6. The normalized spacial score (nSPS) is 22.4. The number of amidine groups is 1. The van der Waals surface area contributed by atoms with Crippen LogP contribution in [0.3, 0.4) is 0 Å². The summed E-state index contributed by atoms with van der Waals surface area (Å²) in [4.78, 5) is 25.0. The van der Waals surface area contributed by atoms with E-state index in [1.807, 2.05) is 23.1 Å². The topological polar surface area (TPSA) is 45.1 Å². The van der Waals surface area contributed by atoms with Crippen molar-refractivity contribution in [2.45, 2.75) is 56.9 Å². The maximum atomic E-state index is 13.9. The highest BCUT2D eigenvalue weighted by Crippen LogP contribution is 2.52. The predicted octanol–water partition coefficient (Wildman–Crippen LogP) is 6.70. The van der Waals surface area contributed by atoms with Crippen molar-refractivity contribution in [3.05, 3.63) is 58.0 Å². The molecule has 2 aromatic rings. The molecule has 2 fully saturated rings. The van der Waals surface area contributed by atoms with Gasteiger partial charge in [-0.3, -0.25) is 9.69 Å². The summed E-state index contributed by atoms with van der Waals surface area (Å²) in [5.74, 6) is 0.924. The number of carbonyl (C=O) groups excluding carboxylic acids is 1. The molecule has 0 aromatic heterocycles. The van der Waals surface area contributed by atoms with Crippen molar-refractivity contribution in [3.63, 3.8) is 0 Å². The van der Waals surface area contributed by atoms with Gasteiger partial charge in [0.05, 0.1) is 18.5 Å². The summed E-state index contributed by atoms with van der Waals surface area (Å²) in [7, 11) is 1.69. The minimum atomic E-state index is 0.0958. The fourth-order valence-corrected chi connectivity index (χ4v) is 7.09. The highest BCUT2D eigenvalue weighted by atomic mass is 32.2. The van der Waals surface area contributed by atoms with Gasteiger partial charge in [-0.15, -0.1) is 0 Å².